The number of hydrogen-bond donors (Lipinski definition) is 2. The van der Waals surface area contributed by atoms with Crippen LogP contribution in [-0.4, -0.2) is 23.7 Å². The molecule has 1 fully saturated rings. The highest BCUT2D eigenvalue weighted by Crippen LogP contribution is 2.23. The minimum Gasteiger partial charge on any atom is -0.383 e. The molecule has 52 valence electrons. The van der Waals surface area contributed by atoms with Crippen LogP contribution in [0.15, 0.2) is 0 Å². The molecule has 0 radical (unpaired) electrons. The van der Waals surface area contributed by atoms with Crippen molar-refractivity contribution in [1.82, 2.24) is 5.32 Å². The number of amides is 1. The Balaban J connectivity index is 2.73. The largest absolute Gasteiger partial charge is 0.383 e. The molecule has 0 unspecified atom stereocenters. The fourth-order valence-corrected chi connectivity index (χ4v) is 0.863. The van der Waals surface area contributed by atoms with Gasteiger partial charge in [0, 0.05) is 12.0 Å². The maximum Gasteiger partial charge on any atom is 0.249 e. The molecule has 0 bridgehead atoms. The molecule has 1 rings (SSSR count). The van der Waals surface area contributed by atoms with E-state index in [-0.39, 0.29) is 11.3 Å². The van der Waals surface area contributed by atoms with Crippen LogP contribution in [0.1, 0.15) is 13.8 Å². The summed E-state index contributed by atoms with van der Waals surface area (Å²) in [7, 11) is 0. The predicted octanol–water partition coefficient (Wildman–Crippen LogP) is -0.497. The van der Waals surface area contributed by atoms with Gasteiger partial charge in [-0.1, -0.05) is 13.8 Å². The van der Waals surface area contributed by atoms with Gasteiger partial charge in [-0.25, -0.2) is 0 Å². The van der Waals surface area contributed by atoms with E-state index in [0.29, 0.717) is 6.54 Å². The number of aliphatic hydroxyl groups excluding tert-OH is 1. The Hall–Kier alpha value is -0.570. The predicted molar refractivity (Wildman–Crippen MR) is 32.8 cm³/mol. The molecule has 0 aromatic heterocycles. The molecular formula is C6H11NO2. The highest BCUT2D eigenvalue weighted by Gasteiger charge is 2.39. The van der Waals surface area contributed by atoms with E-state index in [2.05, 4.69) is 5.32 Å². The second kappa shape index (κ2) is 1.70. The highest BCUT2D eigenvalue weighted by molar-refractivity contribution is 5.83. The molecule has 9 heavy (non-hydrogen) atoms. The van der Waals surface area contributed by atoms with Crippen LogP contribution in [0.4, 0.5) is 0 Å². The molecule has 1 atom stereocenters. The molecular weight excluding hydrogens is 118 g/mol. The lowest BCUT2D eigenvalue weighted by Crippen LogP contribution is -2.29. The standard InChI is InChI=1S/C6H11NO2/c1-6(2)3-7-5(9)4(6)8/h4,8H,3H2,1-2H3,(H,7,9)/t4-/m0/s1. The fraction of sp³-hybridized carbons (Fsp3) is 0.833. The first-order valence-corrected chi connectivity index (χ1v) is 3.00. The van der Waals surface area contributed by atoms with Crippen LogP contribution in [0.2, 0.25) is 0 Å². The molecule has 1 saturated heterocycles. The number of nitrogens with one attached hydrogen (secondary N) is 1. The van der Waals surface area contributed by atoms with Crippen molar-refractivity contribution in [1.29, 1.82) is 0 Å². The Kier molecular flexibility index (Phi) is 1.24. The summed E-state index contributed by atoms with van der Waals surface area (Å²) < 4.78 is 0. The molecule has 1 aliphatic heterocycles. The van der Waals surface area contributed by atoms with Gasteiger partial charge in [0.2, 0.25) is 5.91 Å². The van der Waals surface area contributed by atoms with Crippen LogP contribution in [0.5, 0.6) is 0 Å². The van der Waals surface area contributed by atoms with Crippen LogP contribution in [-0.2, 0) is 4.79 Å². The molecule has 0 aliphatic carbocycles. The summed E-state index contributed by atoms with van der Waals surface area (Å²) in [6, 6.07) is 0. The highest BCUT2D eigenvalue weighted by atomic mass is 16.3. The van der Waals surface area contributed by atoms with Crippen LogP contribution in [0.3, 0.4) is 0 Å². The summed E-state index contributed by atoms with van der Waals surface area (Å²) in [5.41, 5.74) is -0.281. The van der Waals surface area contributed by atoms with E-state index in [9.17, 15) is 4.79 Å². The van der Waals surface area contributed by atoms with Crippen LogP contribution < -0.4 is 5.32 Å². The van der Waals surface area contributed by atoms with E-state index < -0.39 is 6.10 Å². The van der Waals surface area contributed by atoms with Crippen molar-refractivity contribution >= 4 is 5.91 Å². The average molecular weight is 129 g/mol. The lowest BCUT2D eigenvalue weighted by atomic mass is 9.90. The zero-order valence-electron chi connectivity index (χ0n) is 5.64. The molecule has 0 spiro atoms. The average Bonchev–Trinajstić information content (AvgIpc) is 1.97. The molecule has 2 N–H and O–H groups in total. The summed E-state index contributed by atoms with van der Waals surface area (Å²) in [6.45, 7) is 4.29. The molecule has 0 aromatic carbocycles. The number of carbonyl (C=O) groups is 1. The quantitative estimate of drug-likeness (QED) is 0.463. The zero-order valence-corrected chi connectivity index (χ0v) is 5.64. The van der Waals surface area contributed by atoms with Gasteiger partial charge >= 0.3 is 0 Å². The summed E-state index contributed by atoms with van der Waals surface area (Å²) in [5.74, 6) is -0.250. The molecule has 1 aliphatic rings. The molecule has 1 amide bonds. The van der Waals surface area contributed by atoms with Crippen molar-refractivity contribution in [3.05, 3.63) is 0 Å². The van der Waals surface area contributed by atoms with Crippen molar-refractivity contribution in [2.45, 2.75) is 20.0 Å². The van der Waals surface area contributed by atoms with Gasteiger partial charge < -0.3 is 10.4 Å². The van der Waals surface area contributed by atoms with Crippen molar-refractivity contribution in [2.75, 3.05) is 6.54 Å². The van der Waals surface area contributed by atoms with Crippen LogP contribution in [0.25, 0.3) is 0 Å². The molecule has 0 saturated carbocycles. The Bertz CT molecular complexity index is 142. The summed E-state index contributed by atoms with van der Waals surface area (Å²) >= 11 is 0. The summed E-state index contributed by atoms with van der Waals surface area (Å²) in [4.78, 5) is 10.6. The van der Waals surface area contributed by atoms with E-state index in [1.165, 1.54) is 0 Å². The smallest absolute Gasteiger partial charge is 0.249 e. The first-order chi connectivity index (χ1) is 4.04. The van der Waals surface area contributed by atoms with Gasteiger partial charge in [0.25, 0.3) is 0 Å². The third kappa shape index (κ3) is 0.920. The normalized spacial score (nSPS) is 32.3. The number of aliphatic hydroxyl groups is 1. The Labute approximate surface area is 54.1 Å². The molecule has 1 heterocycles. The van der Waals surface area contributed by atoms with E-state index in [1.54, 1.807) is 0 Å². The molecule has 0 aromatic rings. The van der Waals surface area contributed by atoms with E-state index in [1.807, 2.05) is 13.8 Å². The lowest BCUT2D eigenvalue weighted by molar-refractivity contribution is -0.128. The van der Waals surface area contributed by atoms with Crippen molar-refractivity contribution < 1.29 is 9.90 Å². The lowest BCUT2D eigenvalue weighted by Gasteiger charge is -2.17. The molecule has 3 nitrogen and oxygen atoms in total. The van der Waals surface area contributed by atoms with E-state index >= 15 is 0 Å². The topological polar surface area (TPSA) is 49.3 Å². The van der Waals surface area contributed by atoms with Gasteiger partial charge in [-0.3, -0.25) is 4.79 Å². The van der Waals surface area contributed by atoms with Gasteiger partial charge in [-0.05, 0) is 0 Å². The minimum atomic E-state index is -0.822. The van der Waals surface area contributed by atoms with Gasteiger partial charge in [0.05, 0.1) is 0 Å². The maximum atomic E-state index is 10.6. The first kappa shape index (κ1) is 6.55. The third-order valence-corrected chi connectivity index (χ3v) is 1.71. The Morgan fingerprint density at radius 3 is 2.44 bits per heavy atom. The van der Waals surface area contributed by atoms with Gasteiger partial charge in [-0.2, -0.15) is 0 Å². The second-order valence-electron chi connectivity index (χ2n) is 3.11. The first-order valence-electron chi connectivity index (χ1n) is 3.00. The van der Waals surface area contributed by atoms with Crippen molar-refractivity contribution in [3.63, 3.8) is 0 Å². The van der Waals surface area contributed by atoms with Crippen LogP contribution >= 0.6 is 0 Å². The maximum absolute atomic E-state index is 10.6. The summed E-state index contributed by atoms with van der Waals surface area (Å²) in [6.07, 6.45) is -0.822. The molecule has 3 heteroatoms. The fourth-order valence-electron chi connectivity index (χ4n) is 0.863. The zero-order chi connectivity index (χ0) is 7.07. The number of hydrogen-bond acceptors (Lipinski definition) is 2. The Morgan fingerprint density at radius 2 is 2.33 bits per heavy atom. The third-order valence-electron chi connectivity index (χ3n) is 1.71. The van der Waals surface area contributed by atoms with Crippen molar-refractivity contribution in [3.8, 4) is 0 Å². The van der Waals surface area contributed by atoms with Crippen LogP contribution in [0, 0.1) is 5.41 Å². The van der Waals surface area contributed by atoms with Crippen molar-refractivity contribution in [2.24, 2.45) is 5.41 Å². The van der Waals surface area contributed by atoms with E-state index in [0.717, 1.165) is 0 Å². The minimum absolute atomic E-state index is 0.250. The Morgan fingerprint density at radius 1 is 1.78 bits per heavy atom. The number of rotatable bonds is 0. The summed E-state index contributed by atoms with van der Waals surface area (Å²) in [5, 5.41) is 11.7. The second-order valence-corrected chi connectivity index (χ2v) is 3.11. The monoisotopic (exact) mass is 129 g/mol. The SMILES string of the molecule is CC1(C)CNC(=O)[C@@H]1O. The van der Waals surface area contributed by atoms with E-state index in [4.69, 9.17) is 5.11 Å². The number of carbonyl (C=O) groups excluding carboxylic acids is 1. The van der Waals surface area contributed by atoms with Gasteiger partial charge in [0.1, 0.15) is 6.10 Å². The van der Waals surface area contributed by atoms with Gasteiger partial charge in [0.15, 0.2) is 0 Å². The van der Waals surface area contributed by atoms with Gasteiger partial charge in [-0.15, -0.1) is 0 Å².